The van der Waals surface area contributed by atoms with E-state index in [1.54, 1.807) is 0 Å². The van der Waals surface area contributed by atoms with Gasteiger partial charge in [0.2, 0.25) is 0 Å². The van der Waals surface area contributed by atoms with Crippen LogP contribution in [0.25, 0.3) is 0 Å². The molecule has 0 spiro atoms. The highest BCUT2D eigenvalue weighted by molar-refractivity contribution is 6.30. The van der Waals surface area contributed by atoms with Crippen molar-refractivity contribution < 1.29 is 19.6 Å². The van der Waals surface area contributed by atoms with Gasteiger partial charge in [0.1, 0.15) is 6.10 Å². The maximum absolute atomic E-state index is 10.7. The van der Waals surface area contributed by atoms with Crippen molar-refractivity contribution >= 4 is 23.3 Å². The third kappa shape index (κ3) is 3.92. The zero-order chi connectivity index (χ0) is 13.0. The summed E-state index contributed by atoms with van der Waals surface area (Å²) < 4.78 is 5.19. The van der Waals surface area contributed by atoms with Gasteiger partial charge in [-0.1, -0.05) is 11.6 Å². The molecule has 1 rings (SSSR count). The first-order valence-corrected chi connectivity index (χ1v) is 5.10. The van der Waals surface area contributed by atoms with Gasteiger partial charge in [0, 0.05) is 17.2 Å². The van der Waals surface area contributed by atoms with Crippen LogP contribution in [0.5, 0.6) is 5.75 Å². The minimum atomic E-state index is -1.04. The van der Waals surface area contributed by atoms with Crippen molar-refractivity contribution in [1.29, 1.82) is 0 Å². The van der Waals surface area contributed by atoms with Crippen LogP contribution >= 0.6 is 11.6 Å². The van der Waals surface area contributed by atoms with Gasteiger partial charge >= 0.3 is 11.7 Å². The molecule has 0 radical (unpaired) electrons. The molecule has 0 amide bonds. The van der Waals surface area contributed by atoms with E-state index in [4.69, 9.17) is 21.4 Å². The fourth-order valence-electron chi connectivity index (χ4n) is 1.24. The number of aliphatic carboxylic acids is 1. The Morgan fingerprint density at radius 1 is 1.65 bits per heavy atom. The van der Waals surface area contributed by atoms with Gasteiger partial charge in [-0.25, -0.2) is 0 Å². The largest absolute Gasteiger partial charge is 0.483 e. The molecular formula is C10H10ClNO5. The molecule has 1 N–H and O–H groups in total. The van der Waals surface area contributed by atoms with Gasteiger partial charge in [-0.3, -0.25) is 14.9 Å². The number of nitro groups is 1. The summed E-state index contributed by atoms with van der Waals surface area (Å²) >= 11 is 5.69. The van der Waals surface area contributed by atoms with E-state index in [9.17, 15) is 14.9 Å². The molecule has 0 fully saturated rings. The van der Waals surface area contributed by atoms with Crippen LogP contribution in [0.1, 0.15) is 13.3 Å². The molecular weight excluding hydrogens is 250 g/mol. The highest BCUT2D eigenvalue weighted by Crippen LogP contribution is 2.30. The predicted molar refractivity (Wildman–Crippen MR) is 60.4 cm³/mol. The predicted octanol–water partition coefficient (Wildman–Crippen LogP) is 2.49. The van der Waals surface area contributed by atoms with Crippen molar-refractivity contribution in [3.05, 3.63) is 33.3 Å². The van der Waals surface area contributed by atoms with E-state index in [2.05, 4.69) is 0 Å². The van der Waals surface area contributed by atoms with Crippen molar-refractivity contribution in [2.75, 3.05) is 0 Å². The van der Waals surface area contributed by atoms with Gasteiger partial charge < -0.3 is 9.84 Å². The van der Waals surface area contributed by atoms with Crippen LogP contribution in [-0.2, 0) is 4.79 Å². The van der Waals surface area contributed by atoms with Crippen molar-refractivity contribution in [2.45, 2.75) is 19.4 Å². The summed E-state index contributed by atoms with van der Waals surface area (Å²) in [6.45, 7) is 1.51. The summed E-state index contributed by atoms with van der Waals surface area (Å²) in [5.41, 5.74) is -0.244. The smallest absolute Gasteiger partial charge is 0.311 e. The lowest BCUT2D eigenvalue weighted by molar-refractivity contribution is -0.386. The highest BCUT2D eigenvalue weighted by Gasteiger charge is 2.18. The molecule has 92 valence electrons. The second kappa shape index (κ2) is 5.49. The topological polar surface area (TPSA) is 89.7 Å². The van der Waals surface area contributed by atoms with Gasteiger partial charge in [0.25, 0.3) is 0 Å². The molecule has 0 aliphatic rings. The number of rotatable bonds is 5. The average Bonchev–Trinajstić information content (AvgIpc) is 2.15. The molecule has 6 nitrogen and oxygen atoms in total. The van der Waals surface area contributed by atoms with Crippen molar-refractivity contribution in [2.24, 2.45) is 0 Å². The van der Waals surface area contributed by atoms with Crippen molar-refractivity contribution in [1.82, 2.24) is 0 Å². The van der Waals surface area contributed by atoms with E-state index in [1.807, 2.05) is 0 Å². The number of benzene rings is 1. The third-order valence-electron chi connectivity index (χ3n) is 1.91. The standard InChI is InChI=1S/C10H10ClNO5/c1-6(4-10(13)14)17-9-5-7(11)2-3-8(9)12(15)16/h2-3,5-6H,4H2,1H3,(H,13,14)/t6-/m1/s1. The molecule has 0 saturated carbocycles. The summed E-state index contributed by atoms with van der Waals surface area (Å²) in [6, 6.07) is 3.87. The molecule has 1 aromatic carbocycles. The zero-order valence-corrected chi connectivity index (χ0v) is 9.68. The molecule has 0 bridgehead atoms. The number of carbonyl (C=O) groups is 1. The number of hydrogen-bond acceptors (Lipinski definition) is 4. The third-order valence-corrected chi connectivity index (χ3v) is 2.14. The van der Waals surface area contributed by atoms with E-state index in [0.29, 0.717) is 0 Å². The molecule has 7 heteroatoms. The first-order valence-electron chi connectivity index (χ1n) is 4.72. The lowest BCUT2D eigenvalue weighted by atomic mass is 10.2. The number of hydrogen-bond donors (Lipinski definition) is 1. The first kappa shape index (κ1) is 13.2. The summed E-state index contributed by atoms with van der Waals surface area (Å²) in [5, 5.41) is 19.5. The minimum absolute atomic E-state index is 0.0312. The highest BCUT2D eigenvalue weighted by atomic mass is 35.5. The van der Waals surface area contributed by atoms with Gasteiger partial charge in [-0.15, -0.1) is 0 Å². The second-order valence-corrected chi connectivity index (χ2v) is 3.83. The molecule has 1 aromatic rings. The van der Waals surface area contributed by atoms with Crippen LogP contribution in [0, 0.1) is 10.1 Å². The quantitative estimate of drug-likeness (QED) is 0.648. The lowest BCUT2D eigenvalue weighted by Gasteiger charge is -2.12. The fraction of sp³-hybridized carbons (Fsp3) is 0.300. The number of nitrogens with zero attached hydrogens (tertiary/aromatic N) is 1. The first-order chi connectivity index (χ1) is 7.90. The number of ether oxygens (including phenoxy) is 1. The van der Waals surface area contributed by atoms with Gasteiger partial charge in [0.15, 0.2) is 5.75 Å². The number of carboxylic acids is 1. The van der Waals surface area contributed by atoms with Crippen LogP contribution < -0.4 is 4.74 Å². The van der Waals surface area contributed by atoms with Crippen molar-refractivity contribution in [3.63, 3.8) is 0 Å². The van der Waals surface area contributed by atoms with E-state index in [0.717, 1.165) is 0 Å². The Kier molecular flexibility index (Phi) is 4.28. The molecule has 0 aliphatic heterocycles. The van der Waals surface area contributed by atoms with Gasteiger partial charge in [-0.2, -0.15) is 0 Å². The van der Waals surface area contributed by atoms with Gasteiger partial charge in [-0.05, 0) is 13.0 Å². The van der Waals surface area contributed by atoms with Crippen molar-refractivity contribution in [3.8, 4) is 5.75 Å². The molecule has 1 atom stereocenters. The number of halogens is 1. The normalized spacial score (nSPS) is 11.9. The number of carboxylic acid groups (broad SMARTS) is 1. The van der Waals surface area contributed by atoms with Crippen LogP contribution in [0.2, 0.25) is 5.02 Å². The molecule has 0 aromatic heterocycles. The summed E-state index contributed by atoms with van der Waals surface area (Å²) in [4.78, 5) is 20.5. The fourth-order valence-corrected chi connectivity index (χ4v) is 1.40. The maximum atomic E-state index is 10.7. The van der Waals surface area contributed by atoms with E-state index in [1.165, 1.54) is 25.1 Å². The average molecular weight is 260 g/mol. The Morgan fingerprint density at radius 3 is 2.82 bits per heavy atom. The monoisotopic (exact) mass is 259 g/mol. The maximum Gasteiger partial charge on any atom is 0.311 e. The molecule has 17 heavy (non-hydrogen) atoms. The van der Waals surface area contributed by atoms with Crippen LogP contribution in [0.3, 0.4) is 0 Å². The lowest BCUT2D eigenvalue weighted by Crippen LogP contribution is -2.17. The summed E-state index contributed by atoms with van der Waals surface area (Å²) in [6.07, 6.45) is -0.923. The van der Waals surface area contributed by atoms with E-state index >= 15 is 0 Å². The Morgan fingerprint density at radius 2 is 2.29 bits per heavy atom. The Bertz CT molecular complexity index is 448. The zero-order valence-electron chi connectivity index (χ0n) is 8.92. The molecule has 0 aliphatic carbocycles. The second-order valence-electron chi connectivity index (χ2n) is 3.40. The van der Waals surface area contributed by atoms with Crippen LogP contribution in [-0.4, -0.2) is 22.1 Å². The Labute approximate surface area is 102 Å². The van der Waals surface area contributed by atoms with Gasteiger partial charge in [0.05, 0.1) is 11.3 Å². The van der Waals surface area contributed by atoms with E-state index in [-0.39, 0.29) is 22.9 Å². The SMILES string of the molecule is C[C@H](CC(=O)O)Oc1cc(Cl)ccc1[N+](=O)[O-]. The summed E-state index contributed by atoms with van der Waals surface area (Å²) in [7, 11) is 0. The molecule has 0 unspecified atom stereocenters. The van der Waals surface area contributed by atoms with Crippen LogP contribution in [0.4, 0.5) is 5.69 Å². The Balaban J connectivity index is 2.92. The van der Waals surface area contributed by atoms with E-state index < -0.39 is 17.0 Å². The Hall–Kier alpha value is -1.82. The molecule has 0 heterocycles. The summed E-state index contributed by atoms with van der Waals surface area (Å²) in [5.74, 6) is -1.07. The number of nitro benzene ring substituents is 1. The van der Waals surface area contributed by atoms with Crippen LogP contribution in [0.15, 0.2) is 18.2 Å². The molecule has 0 saturated heterocycles. The minimum Gasteiger partial charge on any atom is -0.483 e.